The van der Waals surface area contributed by atoms with Gasteiger partial charge in [-0.1, -0.05) is 115 Å². The SMILES string of the molecule is CCc1cc(C#Cc2cc(-c3ccc(C(F)(F)F)cc3)c(C#C[Si](C(C)C)(C(C)C)C(C)C)cc2Br)c(CC)cc1C#Cc1ccccc1. The standard InChI is InChI=1S/C44H44BrF3Si/c1-9-34-27-38(35(10-2)26-37(34)17-16-33-14-12-11-13-15-33)18-19-40-28-42(36-20-22-41(23-21-36)44(46,47)48)39(29-43(40)45)24-25-49(30(3)4,31(5)6)32(7)8/h11-15,20-23,26-32H,9-10H2,1-8H3. The van der Waals surface area contributed by atoms with E-state index in [1.54, 1.807) is 0 Å². The molecule has 0 N–H and O–H groups in total. The van der Waals surface area contributed by atoms with Gasteiger partial charge in [0.05, 0.1) is 5.56 Å². The van der Waals surface area contributed by atoms with Crippen LogP contribution in [-0.2, 0) is 19.0 Å². The molecule has 0 aliphatic rings. The molecule has 0 fully saturated rings. The van der Waals surface area contributed by atoms with Crippen LogP contribution in [0, 0.1) is 35.1 Å². The van der Waals surface area contributed by atoms with Crippen molar-refractivity contribution in [3.8, 4) is 46.3 Å². The minimum atomic E-state index is -4.41. The molecule has 0 aliphatic carbocycles. The molecule has 0 unspecified atom stereocenters. The van der Waals surface area contributed by atoms with Crippen molar-refractivity contribution in [2.75, 3.05) is 0 Å². The third-order valence-corrected chi connectivity index (χ3v) is 16.4. The molecule has 4 aromatic rings. The maximum atomic E-state index is 13.5. The molecule has 5 heteroatoms. The highest BCUT2D eigenvalue weighted by Crippen LogP contribution is 2.41. The lowest BCUT2D eigenvalue weighted by Gasteiger charge is -2.38. The molecule has 0 radical (unpaired) electrons. The van der Waals surface area contributed by atoms with Crippen molar-refractivity contribution in [3.05, 3.63) is 128 Å². The van der Waals surface area contributed by atoms with E-state index in [2.05, 4.69) is 119 Å². The summed E-state index contributed by atoms with van der Waals surface area (Å²) in [7, 11) is -2.07. The van der Waals surface area contributed by atoms with Crippen molar-refractivity contribution in [2.45, 2.75) is 91.0 Å². The average molecular weight is 738 g/mol. The summed E-state index contributed by atoms with van der Waals surface area (Å²) in [5.74, 6) is 17.0. The van der Waals surface area contributed by atoms with Gasteiger partial charge in [0.15, 0.2) is 0 Å². The van der Waals surface area contributed by atoms with E-state index in [0.29, 0.717) is 22.2 Å². The lowest BCUT2D eigenvalue weighted by atomic mass is 9.94. The Morgan fingerprint density at radius 2 is 1.12 bits per heavy atom. The average Bonchev–Trinajstić information content (AvgIpc) is 3.06. The summed E-state index contributed by atoms with van der Waals surface area (Å²) in [6.07, 6.45) is -2.79. The van der Waals surface area contributed by atoms with E-state index in [-0.39, 0.29) is 0 Å². The van der Waals surface area contributed by atoms with E-state index in [9.17, 15) is 13.2 Å². The van der Waals surface area contributed by atoms with Crippen molar-refractivity contribution in [1.82, 2.24) is 0 Å². The van der Waals surface area contributed by atoms with Crippen LogP contribution in [0.15, 0.2) is 83.3 Å². The second-order valence-corrected chi connectivity index (χ2v) is 19.8. The highest BCUT2D eigenvalue weighted by atomic mass is 79.9. The van der Waals surface area contributed by atoms with Gasteiger partial charge in [0.25, 0.3) is 0 Å². The maximum absolute atomic E-state index is 13.5. The molecule has 0 atom stereocenters. The van der Waals surface area contributed by atoms with Crippen LogP contribution in [0.2, 0.25) is 16.6 Å². The first-order valence-electron chi connectivity index (χ1n) is 17.0. The normalized spacial score (nSPS) is 11.5. The van der Waals surface area contributed by atoms with Gasteiger partial charge in [-0.2, -0.15) is 13.2 Å². The van der Waals surface area contributed by atoms with Crippen LogP contribution in [-0.4, -0.2) is 8.07 Å². The summed E-state index contributed by atoms with van der Waals surface area (Å²) in [4.78, 5) is 0. The van der Waals surface area contributed by atoms with E-state index in [1.807, 2.05) is 42.5 Å². The van der Waals surface area contributed by atoms with E-state index in [0.717, 1.165) is 74.0 Å². The Hall–Kier alpha value is -3.95. The van der Waals surface area contributed by atoms with Crippen molar-refractivity contribution < 1.29 is 13.2 Å². The largest absolute Gasteiger partial charge is 0.416 e. The van der Waals surface area contributed by atoms with Crippen LogP contribution < -0.4 is 0 Å². The monoisotopic (exact) mass is 736 g/mol. The molecule has 4 aromatic carbocycles. The number of hydrogen-bond donors (Lipinski definition) is 0. The van der Waals surface area contributed by atoms with Crippen LogP contribution in [0.25, 0.3) is 11.1 Å². The molecule has 0 nitrogen and oxygen atoms in total. The van der Waals surface area contributed by atoms with Crippen molar-refractivity contribution >= 4 is 24.0 Å². The first kappa shape index (κ1) is 37.9. The zero-order chi connectivity index (χ0) is 35.9. The number of hydrogen-bond acceptors (Lipinski definition) is 0. The summed E-state index contributed by atoms with van der Waals surface area (Å²) in [6.45, 7) is 17.8. The number of alkyl halides is 3. The molecule has 252 valence electrons. The molecule has 0 bridgehead atoms. The second kappa shape index (κ2) is 16.2. The van der Waals surface area contributed by atoms with Gasteiger partial charge < -0.3 is 0 Å². The predicted molar refractivity (Wildman–Crippen MR) is 206 cm³/mol. The minimum Gasteiger partial charge on any atom is -0.166 e. The molecule has 0 spiro atoms. The molecular formula is C44H44BrF3Si. The molecule has 0 aromatic heterocycles. The summed E-state index contributed by atoms with van der Waals surface area (Å²) < 4.78 is 41.2. The highest BCUT2D eigenvalue weighted by Gasteiger charge is 2.41. The van der Waals surface area contributed by atoms with Crippen LogP contribution in [0.5, 0.6) is 0 Å². The van der Waals surface area contributed by atoms with Gasteiger partial charge in [-0.15, -0.1) is 5.54 Å². The van der Waals surface area contributed by atoms with Gasteiger partial charge in [0.1, 0.15) is 8.07 Å². The van der Waals surface area contributed by atoms with Crippen LogP contribution in [0.3, 0.4) is 0 Å². The fraction of sp³-hybridized carbons (Fsp3) is 0.318. The summed E-state index contributed by atoms with van der Waals surface area (Å²) in [6, 6.07) is 23.5. The summed E-state index contributed by atoms with van der Waals surface area (Å²) in [5, 5.41) is 0. The molecule has 0 heterocycles. The third kappa shape index (κ3) is 8.80. The van der Waals surface area contributed by atoms with Gasteiger partial charge >= 0.3 is 6.18 Å². The lowest BCUT2D eigenvalue weighted by molar-refractivity contribution is -0.137. The zero-order valence-electron chi connectivity index (χ0n) is 29.7. The van der Waals surface area contributed by atoms with E-state index < -0.39 is 19.8 Å². The van der Waals surface area contributed by atoms with Crippen molar-refractivity contribution in [1.29, 1.82) is 0 Å². The lowest BCUT2D eigenvalue weighted by Crippen LogP contribution is -2.43. The number of aryl methyl sites for hydroxylation is 2. The Balaban J connectivity index is 1.87. The van der Waals surface area contributed by atoms with Crippen molar-refractivity contribution in [2.24, 2.45) is 0 Å². The fourth-order valence-electron chi connectivity index (χ4n) is 6.76. The van der Waals surface area contributed by atoms with Crippen LogP contribution in [0.1, 0.15) is 99.9 Å². The molecule has 0 saturated heterocycles. The molecule has 0 aliphatic heterocycles. The summed E-state index contributed by atoms with van der Waals surface area (Å²) >= 11 is 3.76. The molecular weight excluding hydrogens is 693 g/mol. The maximum Gasteiger partial charge on any atom is 0.416 e. The molecule has 4 rings (SSSR count). The highest BCUT2D eigenvalue weighted by molar-refractivity contribution is 9.10. The Kier molecular flexibility index (Phi) is 12.5. The van der Waals surface area contributed by atoms with E-state index in [4.69, 9.17) is 0 Å². The quantitative estimate of drug-likeness (QED) is 0.137. The van der Waals surface area contributed by atoms with Crippen molar-refractivity contribution in [3.63, 3.8) is 0 Å². The first-order valence-corrected chi connectivity index (χ1v) is 20.0. The molecule has 49 heavy (non-hydrogen) atoms. The fourth-order valence-corrected chi connectivity index (χ4v) is 12.4. The number of rotatable bonds is 6. The van der Waals surface area contributed by atoms with Gasteiger partial charge in [-0.05, 0) is 116 Å². The third-order valence-electron chi connectivity index (χ3n) is 9.45. The Bertz CT molecular complexity index is 1950. The molecule has 0 amide bonds. The Morgan fingerprint density at radius 1 is 0.612 bits per heavy atom. The van der Waals surface area contributed by atoms with Gasteiger partial charge in [-0.25, -0.2) is 0 Å². The van der Waals surface area contributed by atoms with Gasteiger partial charge in [-0.3, -0.25) is 0 Å². The Labute approximate surface area is 301 Å². The number of halogens is 4. The summed E-state index contributed by atoms with van der Waals surface area (Å²) in [5.41, 5.74) is 12.6. The molecule has 0 saturated carbocycles. The van der Waals surface area contributed by atoms with E-state index in [1.165, 1.54) is 12.1 Å². The first-order chi connectivity index (χ1) is 23.2. The van der Waals surface area contributed by atoms with Crippen LogP contribution >= 0.6 is 15.9 Å². The van der Waals surface area contributed by atoms with Crippen LogP contribution in [0.4, 0.5) is 13.2 Å². The van der Waals surface area contributed by atoms with E-state index >= 15 is 0 Å². The predicted octanol–water partition coefficient (Wildman–Crippen LogP) is 12.6. The van der Waals surface area contributed by atoms with Gasteiger partial charge in [0, 0.05) is 32.3 Å². The smallest absolute Gasteiger partial charge is 0.166 e. The Morgan fingerprint density at radius 3 is 1.61 bits per heavy atom. The zero-order valence-corrected chi connectivity index (χ0v) is 32.2. The topological polar surface area (TPSA) is 0 Å². The number of benzene rings is 4. The minimum absolute atomic E-state index is 0.444. The second-order valence-electron chi connectivity index (χ2n) is 13.3. The van der Waals surface area contributed by atoms with Gasteiger partial charge in [0.2, 0.25) is 0 Å².